The Labute approximate surface area is 256 Å². The Hall–Kier alpha value is -3.12. The van der Waals surface area contributed by atoms with Gasteiger partial charge in [-0.2, -0.15) is 21.1 Å². The van der Waals surface area contributed by atoms with Crippen molar-refractivity contribution in [3.8, 4) is 33.2 Å². The van der Waals surface area contributed by atoms with E-state index in [4.69, 9.17) is 16.6 Å². The van der Waals surface area contributed by atoms with Gasteiger partial charge in [0.2, 0.25) is 5.91 Å². The van der Waals surface area contributed by atoms with Gasteiger partial charge in [0, 0.05) is 41.2 Å². The van der Waals surface area contributed by atoms with Crippen molar-refractivity contribution in [2.24, 2.45) is 5.92 Å². The molecule has 0 unspecified atom stereocenters. The molecule has 0 radical (unpaired) electrons. The lowest BCUT2D eigenvalue weighted by molar-refractivity contribution is -0.127. The molecule has 2 saturated carbocycles. The van der Waals surface area contributed by atoms with Gasteiger partial charge < -0.3 is 10.2 Å². The predicted octanol–water partition coefficient (Wildman–Crippen LogP) is 7.02. The van der Waals surface area contributed by atoms with Gasteiger partial charge in [-0.1, -0.05) is 36.6 Å². The van der Waals surface area contributed by atoms with E-state index < -0.39 is 16.1 Å². The third-order valence-corrected chi connectivity index (χ3v) is 11.7. The van der Waals surface area contributed by atoms with E-state index in [-0.39, 0.29) is 17.7 Å². The second-order valence-corrected chi connectivity index (χ2v) is 15.3. The van der Waals surface area contributed by atoms with Gasteiger partial charge in [-0.15, -0.1) is 11.3 Å². The van der Waals surface area contributed by atoms with Crippen molar-refractivity contribution < 1.29 is 13.9 Å². The van der Waals surface area contributed by atoms with Crippen LogP contribution in [0.2, 0.25) is 5.02 Å². The fourth-order valence-electron chi connectivity index (χ4n) is 6.00. The minimum atomic E-state index is -2.48. The molecule has 1 saturated heterocycles. The number of nitriles is 2. The van der Waals surface area contributed by atoms with Crippen LogP contribution in [-0.4, -0.2) is 50.1 Å². The van der Waals surface area contributed by atoms with E-state index in [9.17, 15) is 24.4 Å². The number of amides is 1. The van der Waals surface area contributed by atoms with Gasteiger partial charge in [-0.05, 0) is 61.6 Å². The van der Waals surface area contributed by atoms with E-state index >= 15 is 0 Å². The first-order chi connectivity index (χ1) is 20.2. The second-order valence-electron chi connectivity index (χ2n) is 11.5. The van der Waals surface area contributed by atoms with Crippen LogP contribution in [0.4, 0.5) is 5.69 Å². The van der Waals surface area contributed by atoms with Crippen molar-refractivity contribution in [2.45, 2.75) is 50.0 Å². The first kappa shape index (κ1) is 29.0. The Morgan fingerprint density at radius 3 is 2.48 bits per heavy atom. The second kappa shape index (κ2) is 11.5. The van der Waals surface area contributed by atoms with E-state index in [1.165, 1.54) is 11.3 Å². The highest BCUT2D eigenvalue weighted by Crippen LogP contribution is 2.47. The monoisotopic (exact) mass is 621 g/mol. The summed E-state index contributed by atoms with van der Waals surface area (Å²) in [7, 11) is -2.48. The number of rotatable bonds is 6. The van der Waals surface area contributed by atoms with Crippen LogP contribution >= 0.6 is 33.5 Å². The Morgan fingerprint density at radius 2 is 1.81 bits per heavy atom. The third kappa shape index (κ3) is 5.88. The standard InChI is InChI=1S/C31H32ClN5O3S2/c32-22-7-10-24(21(17-22)18-33)30-35-27(25-3-1-2-4-26(25)29(38)36-31(19-34)11-12-31)28(41-30)20-5-8-23(9-6-20)37-13-15-42(39,40)16-14-37/h5-10,17,25-26,39-40H,1-4,11-16H2,(H,36,38)/t25-,26-/m1/s1. The van der Waals surface area contributed by atoms with Crippen molar-refractivity contribution in [2.75, 3.05) is 29.5 Å². The SMILES string of the molecule is N#Cc1cc(Cl)ccc1-c1nc([C@@H]2CCCC[C@H]2C(=O)NC2(C#N)CC2)c(-c2ccc(N3CCS(O)(O)CC3)cc2)s1. The molecule has 3 aromatic rings. The fourth-order valence-corrected chi connectivity index (χ4v) is 8.58. The highest BCUT2D eigenvalue weighted by Gasteiger charge is 2.47. The van der Waals surface area contributed by atoms with Crippen LogP contribution in [-0.2, 0) is 4.79 Å². The summed E-state index contributed by atoms with van der Waals surface area (Å²) in [5, 5.41) is 23.6. The smallest absolute Gasteiger partial charge is 0.225 e. The number of benzene rings is 2. The average molecular weight is 622 g/mol. The van der Waals surface area contributed by atoms with Crippen LogP contribution in [0.5, 0.6) is 0 Å². The molecule has 3 N–H and O–H groups in total. The predicted molar refractivity (Wildman–Crippen MR) is 168 cm³/mol. The average Bonchev–Trinajstić information content (AvgIpc) is 3.64. The number of hydrogen-bond donors (Lipinski definition) is 3. The molecule has 1 aliphatic heterocycles. The number of halogens is 1. The minimum Gasteiger partial charge on any atom is -0.368 e. The molecule has 8 nitrogen and oxygen atoms in total. The number of nitrogens with zero attached hydrogens (tertiary/aromatic N) is 4. The zero-order valence-electron chi connectivity index (χ0n) is 23.1. The number of carbonyl (C=O) groups is 1. The molecule has 3 aliphatic rings. The number of nitrogens with one attached hydrogen (secondary N) is 1. The highest BCUT2D eigenvalue weighted by molar-refractivity contribution is 8.24. The summed E-state index contributed by atoms with van der Waals surface area (Å²) >= 11 is 7.70. The van der Waals surface area contributed by atoms with Crippen molar-refractivity contribution in [1.29, 1.82) is 10.5 Å². The largest absolute Gasteiger partial charge is 0.368 e. The van der Waals surface area contributed by atoms with Gasteiger partial charge in [0.1, 0.15) is 10.5 Å². The maximum absolute atomic E-state index is 13.5. The molecule has 11 heteroatoms. The van der Waals surface area contributed by atoms with E-state index in [1.807, 2.05) is 18.2 Å². The Bertz CT molecular complexity index is 1580. The molecule has 2 atom stereocenters. The van der Waals surface area contributed by atoms with Gasteiger partial charge in [-0.3, -0.25) is 13.9 Å². The summed E-state index contributed by atoms with van der Waals surface area (Å²) in [5.41, 5.74) is 3.29. The molecule has 218 valence electrons. The van der Waals surface area contributed by atoms with Crippen molar-refractivity contribution in [3.63, 3.8) is 0 Å². The van der Waals surface area contributed by atoms with Gasteiger partial charge in [0.15, 0.2) is 0 Å². The van der Waals surface area contributed by atoms with Gasteiger partial charge in [0.05, 0.1) is 39.8 Å². The molecule has 42 heavy (non-hydrogen) atoms. The van der Waals surface area contributed by atoms with Crippen LogP contribution in [0.3, 0.4) is 0 Å². The first-order valence-corrected chi connectivity index (χ1v) is 17.3. The molecule has 1 aromatic heterocycles. The summed E-state index contributed by atoms with van der Waals surface area (Å²) < 4.78 is 20.0. The maximum atomic E-state index is 13.5. The zero-order chi connectivity index (χ0) is 29.5. The van der Waals surface area contributed by atoms with Crippen LogP contribution in [0.25, 0.3) is 21.0 Å². The van der Waals surface area contributed by atoms with Gasteiger partial charge in [0.25, 0.3) is 0 Å². The van der Waals surface area contributed by atoms with E-state index in [0.717, 1.165) is 47.5 Å². The van der Waals surface area contributed by atoms with Crippen molar-refractivity contribution in [1.82, 2.24) is 10.3 Å². The number of anilines is 1. The summed E-state index contributed by atoms with van der Waals surface area (Å²) in [6.07, 6.45) is 4.87. The lowest BCUT2D eigenvalue weighted by Gasteiger charge is -2.41. The number of aromatic nitrogens is 1. The van der Waals surface area contributed by atoms with Crippen LogP contribution in [0.1, 0.15) is 55.7 Å². The minimum absolute atomic E-state index is 0.0742. The molecular weight excluding hydrogens is 590 g/mol. The van der Waals surface area contributed by atoms with Gasteiger partial charge in [-0.25, -0.2) is 4.98 Å². The first-order valence-electron chi connectivity index (χ1n) is 14.2. The zero-order valence-corrected chi connectivity index (χ0v) is 25.4. The molecule has 6 rings (SSSR count). The van der Waals surface area contributed by atoms with Crippen LogP contribution in [0, 0.1) is 28.6 Å². The quantitative estimate of drug-likeness (QED) is 0.269. The van der Waals surface area contributed by atoms with Crippen LogP contribution in [0.15, 0.2) is 42.5 Å². The van der Waals surface area contributed by atoms with Crippen molar-refractivity contribution >= 4 is 45.1 Å². The summed E-state index contributed by atoms with van der Waals surface area (Å²) in [6, 6.07) is 18.0. The Kier molecular flexibility index (Phi) is 7.95. The normalized spacial score (nSPS) is 23.3. The molecular formula is C31H32ClN5O3S2. The van der Waals surface area contributed by atoms with Gasteiger partial charge >= 0.3 is 0 Å². The fraction of sp³-hybridized carbons (Fsp3) is 0.419. The van der Waals surface area contributed by atoms with Crippen molar-refractivity contribution in [3.05, 3.63) is 58.7 Å². The molecule has 0 spiro atoms. The Morgan fingerprint density at radius 1 is 1.10 bits per heavy atom. The lowest BCUT2D eigenvalue weighted by atomic mass is 9.76. The molecule has 2 aromatic carbocycles. The number of thiazole rings is 1. The topological polar surface area (TPSA) is 133 Å². The molecule has 1 amide bonds. The molecule has 3 fully saturated rings. The van der Waals surface area contributed by atoms with Crippen LogP contribution < -0.4 is 10.2 Å². The molecule has 0 bridgehead atoms. The summed E-state index contributed by atoms with van der Waals surface area (Å²) in [4.78, 5) is 21.8. The molecule has 2 heterocycles. The Balaban J connectivity index is 1.38. The van der Waals surface area contributed by atoms with E-state index in [1.54, 1.807) is 12.1 Å². The highest BCUT2D eigenvalue weighted by atomic mass is 35.5. The third-order valence-electron chi connectivity index (χ3n) is 8.64. The lowest BCUT2D eigenvalue weighted by Crippen LogP contribution is -2.42. The van der Waals surface area contributed by atoms with E-state index in [0.29, 0.717) is 58.6 Å². The summed E-state index contributed by atoms with van der Waals surface area (Å²) in [5.74, 6) is 0.272. The van der Waals surface area contributed by atoms with E-state index in [2.05, 4.69) is 34.5 Å². The number of carbonyl (C=O) groups excluding carboxylic acids is 1. The molecule has 2 aliphatic carbocycles. The maximum Gasteiger partial charge on any atom is 0.225 e. The summed E-state index contributed by atoms with van der Waals surface area (Å²) in [6.45, 7) is 1.18. The number of hydrogen-bond acceptors (Lipinski definition) is 8.